The quantitative estimate of drug-likeness (QED) is 0.778. The Balaban J connectivity index is 2.26. The molecule has 0 bridgehead atoms. The number of carbonyl (C=O) groups excluding carboxylic acids is 1. The van der Waals surface area contributed by atoms with Crippen molar-refractivity contribution in [3.8, 4) is 0 Å². The van der Waals surface area contributed by atoms with Crippen LogP contribution < -0.4 is 9.62 Å². The van der Waals surface area contributed by atoms with Crippen LogP contribution >= 0.6 is 0 Å². The maximum atomic E-state index is 12.9. The highest BCUT2D eigenvalue weighted by molar-refractivity contribution is 7.92. The molecule has 0 fully saturated rings. The number of rotatable bonds is 7. The molecule has 6 heteroatoms. The van der Waals surface area contributed by atoms with E-state index in [9.17, 15) is 13.2 Å². The van der Waals surface area contributed by atoms with Gasteiger partial charge in [-0.15, -0.1) is 0 Å². The summed E-state index contributed by atoms with van der Waals surface area (Å²) in [4.78, 5) is 12.6. The van der Waals surface area contributed by atoms with Crippen molar-refractivity contribution in [3.05, 3.63) is 59.2 Å². The summed E-state index contributed by atoms with van der Waals surface area (Å²) in [6.07, 6.45) is 1.92. The van der Waals surface area contributed by atoms with Crippen LogP contribution in [0.4, 0.5) is 5.69 Å². The zero-order valence-electron chi connectivity index (χ0n) is 16.6. The van der Waals surface area contributed by atoms with E-state index in [1.807, 2.05) is 20.8 Å². The summed E-state index contributed by atoms with van der Waals surface area (Å²) in [6, 6.07) is 11.9. The molecule has 0 aliphatic rings. The van der Waals surface area contributed by atoms with Crippen molar-refractivity contribution < 1.29 is 13.2 Å². The number of benzene rings is 2. The van der Waals surface area contributed by atoms with Crippen LogP contribution in [0.25, 0.3) is 0 Å². The van der Waals surface area contributed by atoms with Crippen molar-refractivity contribution in [2.24, 2.45) is 0 Å². The molecule has 5 nitrogen and oxygen atoms in total. The van der Waals surface area contributed by atoms with E-state index < -0.39 is 10.0 Å². The molecule has 1 N–H and O–H groups in total. The van der Waals surface area contributed by atoms with E-state index in [2.05, 4.69) is 12.2 Å². The number of hydrogen-bond acceptors (Lipinski definition) is 3. The first-order valence-electron chi connectivity index (χ1n) is 9.14. The third-order valence-electron chi connectivity index (χ3n) is 4.58. The van der Waals surface area contributed by atoms with Gasteiger partial charge in [-0.05, 0) is 63.1 Å². The minimum absolute atomic E-state index is 0.104. The molecular weight excluding hydrogens is 360 g/mol. The van der Waals surface area contributed by atoms with E-state index in [1.165, 1.54) is 11.4 Å². The topological polar surface area (TPSA) is 66.5 Å². The number of nitrogens with zero attached hydrogens (tertiary/aromatic N) is 1. The summed E-state index contributed by atoms with van der Waals surface area (Å²) in [5.74, 6) is -0.144. The van der Waals surface area contributed by atoms with Crippen molar-refractivity contribution >= 4 is 21.6 Å². The van der Waals surface area contributed by atoms with Crippen LogP contribution in [0.5, 0.6) is 0 Å². The third kappa shape index (κ3) is 4.89. The first-order valence-corrected chi connectivity index (χ1v) is 10.6. The van der Waals surface area contributed by atoms with Gasteiger partial charge >= 0.3 is 0 Å². The van der Waals surface area contributed by atoms with Gasteiger partial charge in [-0.3, -0.25) is 9.10 Å². The van der Waals surface area contributed by atoms with Crippen molar-refractivity contribution in [1.29, 1.82) is 0 Å². The number of carbonyl (C=O) groups is 1. The van der Waals surface area contributed by atoms with Crippen LogP contribution in [0.2, 0.25) is 0 Å². The number of nitrogens with one attached hydrogen (secondary N) is 1. The molecule has 27 heavy (non-hydrogen) atoms. The Labute approximate surface area is 162 Å². The molecule has 2 aromatic rings. The zero-order chi connectivity index (χ0) is 20.2. The monoisotopic (exact) mass is 388 g/mol. The number of amides is 1. The molecule has 1 amide bonds. The van der Waals surface area contributed by atoms with Gasteiger partial charge in [0, 0.05) is 18.7 Å². The van der Waals surface area contributed by atoms with Crippen molar-refractivity contribution in [3.63, 3.8) is 0 Å². The summed E-state index contributed by atoms with van der Waals surface area (Å²) in [6.45, 7) is 7.77. The Bertz CT molecular complexity index is 906. The van der Waals surface area contributed by atoms with Gasteiger partial charge in [0.25, 0.3) is 15.9 Å². The molecule has 2 aromatic carbocycles. The normalized spacial score (nSPS) is 12.5. The summed E-state index contributed by atoms with van der Waals surface area (Å²) in [5, 5.41) is 2.96. The molecule has 0 aliphatic heterocycles. The molecular formula is C21H28N2O3S. The SMILES string of the molecule is CCCC(C)NC(=O)c1ccc(N(C)S(=O)(=O)c2ccc(C)cc2)c(C)c1. The average Bonchev–Trinajstić information content (AvgIpc) is 2.61. The van der Waals surface area contributed by atoms with Crippen LogP contribution in [0.1, 0.15) is 48.2 Å². The van der Waals surface area contributed by atoms with E-state index in [1.54, 1.807) is 42.5 Å². The highest BCUT2D eigenvalue weighted by Gasteiger charge is 2.23. The first kappa shape index (κ1) is 21.0. The smallest absolute Gasteiger partial charge is 0.264 e. The molecule has 0 spiro atoms. The first-order chi connectivity index (χ1) is 12.7. The molecule has 1 unspecified atom stereocenters. The number of sulfonamides is 1. The molecule has 2 rings (SSSR count). The molecule has 0 heterocycles. The van der Waals surface area contributed by atoms with Crippen LogP contribution in [0, 0.1) is 13.8 Å². The van der Waals surface area contributed by atoms with Gasteiger partial charge in [0.1, 0.15) is 0 Å². The zero-order valence-corrected chi connectivity index (χ0v) is 17.4. The largest absolute Gasteiger partial charge is 0.350 e. The lowest BCUT2D eigenvalue weighted by Crippen LogP contribution is -2.32. The Kier molecular flexibility index (Phi) is 6.65. The fourth-order valence-electron chi connectivity index (χ4n) is 2.96. The van der Waals surface area contributed by atoms with Crippen LogP contribution in [-0.4, -0.2) is 27.4 Å². The Morgan fingerprint density at radius 2 is 1.74 bits per heavy atom. The van der Waals surface area contributed by atoms with Gasteiger partial charge in [0.15, 0.2) is 0 Å². The average molecular weight is 389 g/mol. The lowest BCUT2D eigenvalue weighted by molar-refractivity contribution is 0.0938. The lowest BCUT2D eigenvalue weighted by Gasteiger charge is -2.22. The Hall–Kier alpha value is -2.34. The third-order valence-corrected chi connectivity index (χ3v) is 6.36. The van der Waals surface area contributed by atoms with Gasteiger partial charge < -0.3 is 5.32 Å². The molecule has 0 aliphatic carbocycles. The van der Waals surface area contributed by atoms with E-state index in [-0.39, 0.29) is 16.8 Å². The second-order valence-electron chi connectivity index (χ2n) is 6.95. The maximum Gasteiger partial charge on any atom is 0.264 e. The summed E-state index contributed by atoms with van der Waals surface area (Å²) >= 11 is 0. The summed E-state index contributed by atoms with van der Waals surface area (Å²) in [5.41, 5.74) is 2.80. The van der Waals surface area contributed by atoms with Gasteiger partial charge in [-0.25, -0.2) is 8.42 Å². The van der Waals surface area contributed by atoms with E-state index in [0.717, 1.165) is 24.0 Å². The standard InChI is InChI=1S/C21H28N2O3S/c1-6-7-17(4)22-21(24)18-10-13-20(16(3)14-18)23(5)27(25,26)19-11-8-15(2)9-12-19/h8-14,17H,6-7H2,1-5H3,(H,22,24). The van der Waals surface area contributed by atoms with Gasteiger partial charge in [0.2, 0.25) is 0 Å². The molecule has 0 saturated carbocycles. The summed E-state index contributed by atoms with van der Waals surface area (Å²) < 4.78 is 27.0. The van der Waals surface area contributed by atoms with Gasteiger partial charge in [0.05, 0.1) is 10.6 Å². The molecule has 146 valence electrons. The number of anilines is 1. The Morgan fingerprint density at radius 3 is 2.30 bits per heavy atom. The fraction of sp³-hybridized carbons (Fsp3) is 0.381. The summed E-state index contributed by atoms with van der Waals surface area (Å²) in [7, 11) is -2.13. The van der Waals surface area contributed by atoms with Crippen molar-refractivity contribution in [2.45, 2.75) is 51.5 Å². The highest BCUT2D eigenvalue weighted by Crippen LogP contribution is 2.26. The molecule has 0 aromatic heterocycles. The minimum atomic E-state index is -3.66. The lowest BCUT2D eigenvalue weighted by atomic mass is 10.1. The minimum Gasteiger partial charge on any atom is -0.350 e. The highest BCUT2D eigenvalue weighted by atomic mass is 32.2. The van der Waals surface area contributed by atoms with Crippen molar-refractivity contribution in [1.82, 2.24) is 5.32 Å². The molecule has 0 radical (unpaired) electrons. The van der Waals surface area contributed by atoms with Gasteiger partial charge in [-0.2, -0.15) is 0 Å². The van der Waals surface area contributed by atoms with E-state index in [4.69, 9.17) is 0 Å². The van der Waals surface area contributed by atoms with Crippen LogP contribution in [0.3, 0.4) is 0 Å². The number of hydrogen-bond donors (Lipinski definition) is 1. The van der Waals surface area contributed by atoms with Gasteiger partial charge in [-0.1, -0.05) is 31.0 Å². The number of aryl methyl sites for hydroxylation is 2. The maximum absolute atomic E-state index is 12.9. The van der Waals surface area contributed by atoms with E-state index >= 15 is 0 Å². The van der Waals surface area contributed by atoms with Crippen LogP contribution in [-0.2, 0) is 10.0 Å². The second kappa shape index (κ2) is 8.57. The fourth-order valence-corrected chi connectivity index (χ4v) is 4.22. The van der Waals surface area contributed by atoms with E-state index in [0.29, 0.717) is 11.3 Å². The second-order valence-corrected chi connectivity index (χ2v) is 8.92. The Morgan fingerprint density at radius 1 is 1.11 bits per heavy atom. The van der Waals surface area contributed by atoms with Crippen molar-refractivity contribution in [2.75, 3.05) is 11.4 Å². The predicted molar refractivity (Wildman–Crippen MR) is 110 cm³/mol. The predicted octanol–water partition coefficient (Wildman–Crippen LogP) is 4.05. The molecule has 1 atom stereocenters. The van der Waals surface area contributed by atoms with Crippen LogP contribution in [0.15, 0.2) is 47.4 Å². The molecule has 0 saturated heterocycles.